The zero-order chi connectivity index (χ0) is 13.1. The highest BCUT2D eigenvalue weighted by atomic mass is 35.5. The van der Waals surface area contributed by atoms with Crippen LogP contribution >= 0.6 is 22.9 Å². The molecule has 2 rings (SSSR count). The number of thiazole rings is 1. The molecule has 0 amide bonds. The molecule has 1 atom stereocenters. The van der Waals surface area contributed by atoms with E-state index in [4.69, 9.17) is 11.6 Å². The van der Waals surface area contributed by atoms with Crippen LogP contribution in [0.5, 0.6) is 0 Å². The lowest BCUT2D eigenvalue weighted by molar-refractivity contribution is 0.0974. The van der Waals surface area contributed by atoms with E-state index in [0.29, 0.717) is 16.3 Å². The number of rotatable bonds is 3. The Labute approximate surface area is 114 Å². The summed E-state index contributed by atoms with van der Waals surface area (Å²) < 4.78 is 0. The zero-order valence-electron chi connectivity index (χ0n) is 9.55. The number of Topliss-reactive ketones (excluding diaryl/α,β-unsaturated/α-hetero) is 1. The van der Waals surface area contributed by atoms with Gasteiger partial charge < -0.3 is 0 Å². The van der Waals surface area contributed by atoms with Crippen LogP contribution in [-0.4, -0.2) is 10.8 Å². The molecule has 0 bridgehead atoms. The highest BCUT2D eigenvalue weighted by Crippen LogP contribution is 2.23. The summed E-state index contributed by atoms with van der Waals surface area (Å²) in [5.41, 5.74) is 0.935. The Balaban J connectivity index is 2.35. The summed E-state index contributed by atoms with van der Waals surface area (Å²) >= 11 is 7.26. The molecule has 0 aliphatic heterocycles. The molecule has 1 aromatic heterocycles. The second-order valence-electron chi connectivity index (χ2n) is 3.73. The minimum Gasteiger partial charge on any atom is -0.291 e. The monoisotopic (exact) mass is 276 g/mol. The van der Waals surface area contributed by atoms with Crippen LogP contribution < -0.4 is 0 Å². The predicted octanol–water partition coefficient (Wildman–Crippen LogP) is 3.60. The molecule has 0 N–H and O–H groups in total. The number of hydrogen-bond acceptors (Lipinski definition) is 4. The van der Waals surface area contributed by atoms with Gasteiger partial charge in [0.2, 0.25) is 5.78 Å². The van der Waals surface area contributed by atoms with Crippen LogP contribution in [0.15, 0.2) is 29.6 Å². The van der Waals surface area contributed by atoms with Gasteiger partial charge in [-0.1, -0.05) is 23.7 Å². The normalized spacial score (nSPS) is 11.8. The Bertz CT molecular complexity index is 630. The number of nitrogens with zero attached hydrogens (tertiary/aromatic N) is 2. The van der Waals surface area contributed by atoms with Crippen LogP contribution in [0.4, 0.5) is 0 Å². The molecule has 0 aliphatic rings. The lowest BCUT2D eigenvalue weighted by atomic mass is 9.95. The molecule has 1 aromatic carbocycles. The molecule has 90 valence electrons. The number of carbonyl (C=O) groups excluding carboxylic acids is 1. The van der Waals surface area contributed by atoms with Gasteiger partial charge in [0.05, 0.1) is 11.1 Å². The Morgan fingerprint density at radius 2 is 2.33 bits per heavy atom. The van der Waals surface area contributed by atoms with Crippen molar-refractivity contribution in [3.05, 3.63) is 50.9 Å². The minimum absolute atomic E-state index is 0.288. The molecule has 0 fully saturated rings. The van der Waals surface area contributed by atoms with Crippen molar-refractivity contribution in [3.63, 3.8) is 0 Å². The molecule has 1 heterocycles. The Hall–Kier alpha value is -1.70. The third-order valence-electron chi connectivity index (χ3n) is 2.44. The van der Waals surface area contributed by atoms with E-state index in [-0.39, 0.29) is 5.78 Å². The van der Waals surface area contributed by atoms with E-state index in [1.54, 1.807) is 29.6 Å². The van der Waals surface area contributed by atoms with Crippen LogP contribution in [0, 0.1) is 18.3 Å². The molecule has 0 radical (unpaired) electrons. The van der Waals surface area contributed by atoms with Crippen molar-refractivity contribution in [1.82, 2.24) is 4.98 Å². The first-order chi connectivity index (χ1) is 8.61. The Kier molecular flexibility index (Phi) is 3.75. The molecular weight excluding hydrogens is 268 g/mol. The third kappa shape index (κ3) is 2.58. The molecule has 2 aromatic rings. The standard InChI is InChI=1S/C13H9ClN2OS/c1-8-16-12(7-18-8)13(17)11(6-15)9-3-2-4-10(14)5-9/h2-5,7,11H,1H3. The van der Waals surface area contributed by atoms with Crippen LogP contribution in [0.2, 0.25) is 5.02 Å². The highest BCUT2D eigenvalue weighted by Gasteiger charge is 2.23. The summed E-state index contributed by atoms with van der Waals surface area (Å²) in [4.78, 5) is 16.3. The predicted molar refractivity (Wildman–Crippen MR) is 71.0 cm³/mol. The summed E-state index contributed by atoms with van der Waals surface area (Å²) in [7, 11) is 0. The van der Waals surface area contributed by atoms with Crippen LogP contribution in [0.1, 0.15) is 27.0 Å². The largest absolute Gasteiger partial charge is 0.291 e. The van der Waals surface area contributed by atoms with Crippen molar-refractivity contribution < 1.29 is 4.79 Å². The quantitative estimate of drug-likeness (QED) is 0.805. The number of benzene rings is 1. The van der Waals surface area contributed by atoms with E-state index in [9.17, 15) is 10.1 Å². The average molecular weight is 277 g/mol. The smallest absolute Gasteiger partial charge is 0.203 e. The van der Waals surface area contributed by atoms with Gasteiger partial charge in [0.15, 0.2) is 0 Å². The maximum absolute atomic E-state index is 12.2. The third-order valence-corrected chi connectivity index (χ3v) is 3.45. The summed E-state index contributed by atoms with van der Waals surface area (Å²) in [6.07, 6.45) is 0. The number of carbonyl (C=O) groups is 1. The molecular formula is C13H9ClN2OS. The molecule has 3 nitrogen and oxygen atoms in total. The topological polar surface area (TPSA) is 53.8 Å². The van der Waals surface area contributed by atoms with Crippen molar-refractivity contribution in [3.8, 4) is 6.07 Å². The fourth-order valence-electron chi connectivity index (χ4n) is 1.60. The number of aromatic nitrogens is 1. The molecule has 18 heavy (non-hydrogen) atoms. The molecule has 5 heteroatoms. The van der Waals surface area contributed by atoms with Gasteiger partial charge in [0, 0.05) is 10.4 Å². The number of aryl methyl sites for hydroxylation is 1. The van der Waals surface area contributed by atoms with Crippen LogP contribution in [0.3, 0.4) is 0 Å². The van der Waals surface area contributed by atoms with Gasteiger partial charge >= 0.3 is 0 Å². The lowest BCUT2D eigenvalue weighted by Gasteiger charge is -2.06. The molecule has 1 unspecified atom stereocenters. The maximum Gasteiger partial charge on any atom is 0.203 e. The van der Waals surface area contributed by atoms with Crippen LogP contribution in [0.25, 0.3) is 0 Å². The van der Waals surface area contributed by atoms with E-state index < -0.39 is 5.92 Å². The zero-order valence-corrected chi connectivity index (χ0v) is 11.1. The average Bonchev–Trinajstić information content (AvgIpc) is 2.77. The van der Waals surface area contributed by atoms with Gasteiger partial charge in [-0.3, -0.25) is 4.79 Å². The number of ketones is 1. The maximum atomic E-state index is 12.2. The molecule has 0 saturated heterocycles. The first-order valence-electron chi connectivity index (χ1n) is 5.23. The fourth-order valence-corrected chi connectivity index (χ4v) is 2.40. The summed E-state index contributed by atoms with van der Waals surface area (Å²) in [5.74, 6) is -1.14. The van der Waals surface area contributed by atoms with Gasteiger partial charge in [-0.15, -0.1) is 11.3 Å². The SMILES string of the molecule is Cc1nc(C(=O)C(C#N)c2cccc(Cl)c2)cs1. The van der Waals surface area contributed by atoms with Crippen LogP contribution in [-0.2, 0) is 0 Å². The van der Waals surface area contributed by atoms with Crippen molar-refractivity contribution in [2.45, 2.75) is 12.8 Å². The van der Waals surface area contributed by atoms with Crippen molar-refractivity contribution in [2.75, 3.05) is 0 Å². The second kappa shape index (κ2) is 5.30. The van der Waals surface area contributed by atoms with E-state index in [1.165, 1.54) is 11.3 Å². The van der Waals surface area contributed by atoms with Gasteiger partial charge in [-0.05, 0) is 24.6 Å². The number of nitriles is 1. The summed E-state index contributed by atoms with van der Waals surface area (Å²) in [6.45, 7) is 1.82. The van der Waals surface area contributed by atoms with Crippen molar-refractivity contribution in [2.24, 2.45) is 0 Å². The molecule has 0 saturated carbocycles. The molecule has 0 spiro atoms. The first-order valence-corrected chi connectivity index (χ1v) is 6.49. The summed E-state index contributed by atoms with van der Waals surface area (Å²) in [6, 6.07) is 8.79. The minimum atomic E-state index is -0.856. The van der Waals surface area contributed by atoms with Crippen molar-refractivity contribution >= 4 is 28.7 Å². The van der Waals surface area contributed by atoms with E-state index in [1.807, 2.05) is 13.0 Å². The van der Waals surface area contributed by atoms with Gasteiger partial charge in [0.25, 0.3) is 0 Å². The number of hydrogen-bond donors (Lipinski definition) is 0. The van der Waals surface area contributed by atoms with Gasteiger partial charge in [-0.25, -0.2) is 4.98 Å². The first kappa shape index (κ1) is 12.7. The van der Waals surface area contributed by atoms with E-state index >= 15 is 0 Å². The fraction of sp³-hybridized carbons (Fsp3) is 0.154. The van der Waals surface area contributed by atoms with Crippen molar-refractivity contribution in [1.29, 1.82) is 5.26 Å². The number of halogens is 1. The lowest BCUT2D eigenvalue weighted by Crippen LogP contribution is -2.11. The molecule has 0 aliphatic carbocycles. The Morgan fingerprint density at radius 3 is 2.89 bits per heavy atom. The van der Waals surface area contributed by atoms with Gasteiger partial charge in [0.1, 0.15) is 11.6 Å². The Morgan fingerprint density at radius 1 is 1.56 bits per heavy atom. The van der Waals surface area contributed by atoms with Gasteiger partial charge in [-0.2, -0.15) is 5.26 Å². The second-order valence-corrected chi connectivity index (χ2v) is 5.23. The highest BCUT2D eigenvalue weighted by molar-refractivity contribution is 7.09. The summed E-state index contributed by atoms with van der Waals surface area (Å²) in [5, 5.41) is 12.2. The van der Waals surface area contributed by atoms with E-state index in [0.717, 1.165) is 5.01 Å². The van der Waals surface area contributed by atoms with E-state index in [2.05, 4.69) is 4.98 Å².